The van der Waals surface area contributed by atoms with E-state index in [-0.39, 0.29) is 0 Å². The fraction of sp³-hybridized carbons (Fsp3) is 0.111. The van der Waals surface area contributed by atoms with E-state index in [1.807, 2.05) is 17.5 Å². The molecule has 0 amide bonds. The van der Waals surface area contributed by atoms with Crippen molar-refractivity contribution in [3.63, 3.8) is 0 Å². The number of carboxylic acid groups (broad SMARTS) is 1. The number of thiophene rings is 1. The molecule has 0 saturated carbocycles. The van der Waals surface area contributed by atoms with E-state index in [0.717, 1.165) is 11.1 Å². The second-order valence-corrected chi connectivity index (χ2v) is 4.23. The van der Waals surface area contributed by atoms with Gasteiger partial charge in [0.15, 0.2) is 0 Å². The number of hydrogen-bond donors (Lipinski definition) is 1. The lowest BCUT2D eigenvalue weighted by atomic mass is 10.4. The molecule has 2 rings (SSSR count). The maximum atomic E-state index is 10.8. The van der Waals surface area contributed by atoms with Crippen LogP contribution in [0.25, 0.3) is 0 Å². The summed E-state index contributed by atoms with van der Waals surface area (Å²) in [6.07, 6.45) is 1.13. The van der Waals surface area contributed by atoms with Crippen molar-refractivity contribution in [1.29, 1.82) is 0 Å². The summed E-state index contributed by atoms with van der Waals surface area (Å²) in [5.74, 6) is -1.40. The normalized spacial score (nSPS) is 10.4. The third-order valence-corrected chi connectivity index (χ3v) is 2.90. The summed E-state index contributed by atoms with van der Waals surface area (Å²) in [4.78, 5) is 21.6. The van der Waals surface area contributed by atoms with E-state index in [4.69, 9.17) is 5.11 Å². The minimum Gasteiger partial charge on any atom is -0.476 e. The first-order valence-electron chi connectivity index (χ1n) is 4.55. The molecule has 0 unspecified atom stereocenters. The minimum atomic E-state index is -1.40. The smallest absolute Gasteiger partial charge is 0.363 e. The van der Waals surface area contributed by atoms with Crippen molar-refractivity contribution in [3.05, 3.63) is 44.4 Å². The van der Waals surface area contributed by atoms with Crippen molar-refractivity contribution >= 4 is 23.0 Å². The fourth-order valence-corrected chi connectivity index (χ4v) is 2.04. The number of aromatic carboxylic acids is 1. The molecule has 0 spiro atoms. The zero-order valence-electron chi connectivity index (χ0n) is 8.44. The first-order valence-corrected chi connectivity index (χ1v) is 5.43. The molecule has 0 fully saturated rings. The maximum Gasteiger partial charge on any atom is 0.363 e. The molecule has 2 heterocycles. The highest BCUT2D eigenvalue weighted by molar-refractivity contribution is 7.09. The third-order valence-electron chi connectivity index (χ3n) is 2.04. The number of hydrogen-bond acceptors (Lipinski definition) is 5. The topological polar surface area (TPSA) is 98.3 Å². The number of aromatic nitrogens is 2. The van der Waals surface area contributed by atoms with Gasteiger partial charge in [0.05, 0.1) is 11.5 Å². The Kier molecular flexibility index (Phi) is 2.88. The van der Waals surface area contributed by atoms with Gasteiger partial charge in [-0.25, -0.2) is 4.79 Å². The highest BCUT2D eigenvalue weighted by Gasteiger charge is 2.25. The van der Waals surface area contributed by atoms with Gasteiger partial charge in [0.25, 0.3) is 0 Å². The summed E-state index contributed by atoms with van der Waals surface area (Å²) < 4.78 is 1.26. The molecule has 0 aromatic carbocycles. The van der Waals surface area contributed by atoms with Crippen LogP contribution in [-0.2, 0) is 6.54 Å². The van der Waals surface area contributed by atoms with Gasteiger partial charge in [-0.15, -0.1) is 11.3 Å². The average molecular weight is 253 g/mol. The zero-order chi connectivity index (χ0) is 12.4. The van der Waals surface area contributed by atoms with E-state index >= 15 is 0 Å². The van der Waals surface area contributed by atoms with E-state index in [9.17, 15) is 14.9 Å². The zero-order valence-corrected chi connectivity index (χ0v) is 9.25. The summed E-state index contributed by atoms with van der Waals surface area (Å²) in [7, 11) is 0. The molecule has 0 saturated heterocycles. The molecule has 88 valence electrons. The van der Waals surface area contributed by atoms with Gasteiger partial charge in [0, 0.05) is 4.88 Å². The van der Waals surface area contributed by atoms with E-state index in [2.05, 4.69) is 5.10 Å². The monoisotopic (exact) mass is 253 g/mol. The Bertz CT molecular complexity index is 529. The number of nitrogens with zero attached hydrogens (tertiary/aromatic N) is 3. The average Bonchev–Trinajstić information content (AvgIpc) is 2.86. The second-order valence-electron chi connectivity index (χ2n) is 3.20. The summed E-state index contributed by atoms with van der Waals surface area (Å²) in [6, 6.07) is 3.69. The van der Waals surface area contributed by atoms with Gasteiger partial charge in [-0.3, -0.25) is 14.8 Å². The molecule has 0 atom stereocenters. The Morgan fingerprint density at radius 2 is 2.41 bits per heavy atom. The van der Waals surface area contributed by atoms with Crippen molar-refractivity contribution < 1.29 is 14.8 Å². The van der Waals surface area contributed by atoms with E-state index in [1.54, 1.807) is 0 Å². The van der Waals surface area contributed by atoms with Gasteiger partial charge in [-0.1, -0.05) is 6.07 Å². The van der Waals surface area contributed by atoms with Crippen molar-refractivity contribution in [3.8, 4) is 0 Å². The summed E-state index contributed by atoms with van der Waals surface area (Å²) in [5, 5.41) is 25.0. The summed E-state index contributed by atoms with van der Waals surface area (Å²) in [5.41, 5.74) is -1.03. The Morgan fingerprint density at radius 3 is 2.88 bits per heavy atom. The molecule has 0 aliphatic rings. The van der Waals surface area contributed by atoms with Gasteiger partial charge >= 0.3 is 11.7 Å². The van der Waals surface area contributed by atoms with Crippen molar-refractivity contribution in [1.82, 2.24) is 9.78 Å². The van der Waals surface area contributed by atoms with Crippen LogP contribution in [0.5, 0.6) is 0 Å². The molecular formula is C9H7N3O4S. The highest BCUT2D eigenvalue weighted by Crippen LogP contribution is 2.18. The second kappa shape index (κ2) is 4.34. The number of nitro groups is 1. The van der Waals surface area contributed by atoms with Crippen molar-refractivity contribution in [2.45, 2.75) is 6.54 Å². The maximum absolute atomic E-state index is 10.8. The number of carboxylic acids is 1. The molecule has 7 nitrogen and oxygen atoms in total. The van der Waals surface area contributed by atoms with Gasteiger partial charge < -0.3 is 5.11 Å². The quantitative estimate of drug-likeness (QED) is 0.659. The number of rotatable bonds is 4. The Morgan fingerprint density at radius 1 is 1.65 bits per heavy atom. The fourth-order valence-electron chi connectivity index (χ4n) is 1.34. The standard InChI is InChI=1S/C9H7N3O4S/c13-9(14)8-7(12(15)16)5-11(10-8)4-6-2-1-3-17-6/h1-3,5H,4H2,(H,13,14). The van der Waals surface area contributed by atoms with Crippen LogP contribution < -0.4 is 0 Å². The third kappa shape index (κ3) is 2.31. The molecule has 1 N–H and O–H groups in total. The van der Waals surface area contributed by atoms with Crippen LogP contribution in [0.1, 0.15) is 15.4 Å². The predicted octanol–water partition coefficient (Wildman–Crippen LogP) is 1.60. The Hall–Kier alpha value is -2.22. The molecular weight excluding hydrogens is 246 g/mol. The van der Waals surface area contributed by atoms with Crippen LogP contribution in [0.4, 0.5) is 5.69 Å². The lowest BCUT2D eigenvalue weighted by Gasteiger charge is -1.95. The van der Waals surface area contributed by atoms with Crippen LogP contribution >= 0.6 is 11.3 Å². The molecule has 17 heavy (non-hydrogen) atoms. The van der Waals surface area contributed by atoms with Crippen molar-refractivity contribution in [2.24, 2.45) is 0 Å². The van der Waals surface area contributed by atoms with Gasteiger partial charge in [0.2, 0.25) is 5.69 Å². The van der Waals surface area contributed by atoms with E-state index < -0.39 is 22.3 Å². The number of carbonyl (C=O) groups is 1. The van der Waals surface area contributed by atoms with Crippen LogP contribution in [-0.4, -0.2) is 25.8 Å². The van der Waals surface area contributed by atoms with Gasteiger partial charge in [0.1, 0.15) is 6.20 Å². The molecule has 2 aromatic rings. The Balaban J connectivity index is 2.34. The molecule has 0 radical (unpaired) electrons. The van der Waals surface area contributed by atoms with Crippen LogP contribution in [0, 0.1) is 10.1 Å². The van der Waals surface area contributed by atoms with Gasteiger partial charge in [-0.2, -0.15) is 5.10 Å². The molecule has 0 aliphatic heterocycles. The highest BCUT2D eigenvalue weighted by atomic mass is 32.1. The Labute approximate surface area is 99.1 Å². The van der Waals surface area contributed by atoms with Crippen LogP contribution in [0.3, 0.4) is 0 Å². The first kappa shape index (κ1) is 11.3. The van der Waals surface area contributed by atoms with Crippen LogP contribution in [0.2, 0.25) is 0 Å². The molecule has 0 bridgehead atoms. The molecule has 2 aromatic heterocycles. The molecule has 8 heteroatoms. The first-order chi connectivity index (χ1) is 8.08. The largest absolute Gasteiger partial charge is 0.476 e. The van der Waals surface area contributed by atoms with E-state index in [0.29, 0.717) is 6.54 Å². The lowest BCUT2D eigenvalue weighted by molar-refractivity contribution is -0.385. The van der Waals surface area contributed by atoms with Crippen molar-refractivity contribution in [2.75, 3.05) is 0 Å². The van der Waals surface area contributed by atoms with E-state index in [1.165, 1.54) is 16.0 Å². The SMILES string of the molecule is O=C(O)c1nn(Cc2cccs2)cc1[N+](=O)[O-]. The van der Waals surface area contributed by atoms with Gasteiger partial charge in [-0.05, 0) is 11.4 Å². The lowest BCUT2D eigenvalue weighted by Crippen LogP contribution is -2.03. The van der Waals surface area contributed by atoms with Crippen LogP contribution in [0.15, 0.2) is 23.7 Å². The molecule has 0 aliphatic carbocycles. The summed E-state index contributed by atoms with van der Waals surface area (Å²) >= 11 is 1.47. The minimum absolute atomic E-state index is 0.325. The predicted molar refractivity (Wildman–Crippen MR) is 59.3 cm³/mol. The summed E-state index contributed by atoms with van der Waals surface area (Å²) in [6.45, 7) is 0.325.